The van der Waals surface area contributed by atoms with E-state index in [-0.39, 0.29) is 11.7 Å². The molecule has 0 aliphatic heterocycles. The van der Waals surface area contributed by atoms with Crippen molar-refractivity contribution in [1.82, 2.24) is 4.98 Å². The lowest BCUT2D eigenvalue weighted by Gasteiger charge is -2.10. The SMILES string of the molecule is Cc1cc(C(C)c2ccc(N)cc2)[nH]c1C(=O)c1ccccc1. The fourth-order valence-corrected chi connectivity index (χ4v) is 2.75. The molecule has 1 unspecified atom stereocenters. The number of rotatable bonds is 4. The van der Waals surface area contributed by atoms with Crippen molar-refractivity contribution in [3.8, 4) is 0 Å². The van der Waals surface area contributed by atoms with Crippen LogP contribution in [0.1, 0.15) is 45.7 Å². The van der Waals surface area contributed by atoms with E-state index in [1.807, 2.05) is 61.5 Å². The van der Waals surface area contributed by atoms with Gasteiger partial charge in [0.05, 0.1) is 5.69 Å². The van der Waals surface area contributed by atoms with Crippen LogP contribution in [-0.2, 0) is 0 Å². The summed E-state index contributed by atoms with van der Waals surface area (Å²) < 4.78 is 0. The second-order valence-electron chi connectivity index (χ2n) is 5.87. The standard InChI is InChI=1S/C20H20N2O/c1-13-12-18(14(2)15-8-10-17(21)11-9-15)22-19(13)20(23)16-6-4-3-5-7-16/h3-12,14,22H,21H2,1-2H3. The van der Waals surface area contributed by atoms with Gasteiger partial charge < -0.3 is 10.7 Å². The molecule has 0 saturated heterocycles. The maximum absolute atomic E-state index is 12.6. The van der Waals surface area contributed by atoms with Gasteiger partial charge in [-0.05, 0) is 36.2 Å². The number of nitrogen functional groups attached to an aromatic ring is 1. The maximum atomic E-state index is 12.6. The van der Waals surface area contributed by atoms with Crippen LogP contribution in [0.5, 0.6) is 0 Å². The van der Waals surface area contributed by atoms with E-state index in [1.54, 1.807) is 0 Å². The third-order valence-electron chi connectivity index (χ3n) is 4.20. The third-order valence-corrected chi connectivity index (χ3v) is 4.20. The van der Waals surface area contributed by atoms with Crippen molar-refractivity contribution in [2.24, 2.45) is 0 Å². The molecule has 0 aliphatic rings. The maximum Gasteiger partial charge on any atom is 0.209 e. The van der Waals surface area contributed by atoms with Crippen LogP contribution in [0.15, 0.2) is 60.7 Å². The van der Waals surface area contributed by atoms with E-state index in [9.17, 15) is 4.79 Å². The monoisotopic (exact) mass is 304 g/mol. The van der Waals surface area contributed by atoms with E-state index < -0.39 is 0 Å². The zero-order valence-corrected chi connectivity index (χ0v) is 13.3. The molecule has 3 aromatic rings. The van der Waals surface area contributed by atoms with Crippen LogP contribution < -0.4 is 5.73 Å². The number of carbonyl (C=O) groups excluding carboxylic acids is 1. The van der Waals surface area contributed by atoms with E-state index in [1.165, 1.54) is 5.56 Å². The topological polar surface area (TPSA) is 58.9 Å². The first-order chi connectivity index (χ1) is 11.1. The summed E-state index contributed by atoms with van der Waals surface area (Å²) in [5.41, 5.74) is 11.0. The Hall–Kier alpha value is -2.81. The van der Waals surface area contributed by atoms with Crippen molar-refractivity contribution in [3.63, 3.8) is 0 Å². The first-order valence-electron chi connectivity index (χ1n) is 7.71. The smallest absolute Gasteiger partial charge is 0.209 e. The zero-order chi connectivity index (χ0) is 16.4. The van der Waals surface area contributed by atoms with Gasteiger partial charge in [0, 0.05) is 22.9 Å². The second kappa shape index (κ2) is 6.13. The molecule has 1 atom stereocenters. The number of H-pyrrole nitrogens is 1. The normalized spacial score (nSPS) is 12.1. The Balaban J connectivity index is 1.92. The molecule has 0 radical (unpaired) electrons. The quantitative estimate of drug-likeness (QED) is 0.558. The van der Waals surface area contributed by atoms with Gasteiger partial charge >= 0.3 is 0 Å². The number of anilines is 1. The number of hydrogen-bond acceptors (Lipinski definition) is 2. The first-order valence-corrected chi connectivity index (χ1v) is 7.71. The molecule has 0 bridgehead atoms. The molecule has 2 aromatic carbocycles. The summed E-state index contributed by atoms with van der Waals surface area (Å²) in [6, 6.07) is 19.2. The van der Waals surface area contributed by atoms with Crippen LogP contribution in [0.25, 0.3) is 0 Å². The molecule has 3 nitrogen and oxygen atoms in total. The molecule has 3 N–H and O–H groups in total. The molecule has 3 rings (SSSR count). The van der Waals surface area contributed by atoms with Crippen LogP contribution in [0.2, 0.25) is 0 Å². The van der Waals surface area contributed by atoms with Gasteiger partial charge in [-0.25, -0.2) is 0 Å². The van der Waals surface area contributed by atoms with Crippen molar-refractivity contribution in [3.05, 3.63) is 88.7 Å². The minimum Gasteiger partial charge on any atom is -0.399 e. The van der Waals surface area contributed by atoms with Gasteiger partial charge in [0.2, 0.25) is 5.78 Å². The highest BCUT2D eigenvalue weighted by Gasteiger charge is 2.18. The molecule has 0 spiro atoms. The number of aryl methyl sites for hydroxylation is 1. The third kappa shape index (κ3) is 3.04. The van der Waals surface area contributed by atoms with Gasteiger partial charge in [0.15, 0.2) is 0 Å². The van der Waals surface area contributed by atoms with Crippen LogP contribution in [0.3, 0.4) is 0 Å². The van der Waals surface area contributed by atoms with Crippen LogP contribution in [0.4, 0.5) is 5.69 Å². The summed E-state index contributed by atoms with van der Waals surface area (Å²) in [7, 11) is 0. The molecule has 0 saturated carbocycles. The van der Waals surface area contributed by atoms with Crippen molar-refractivity contribution in [2.45, 2.75) is 19.8 Å². The van der Waals surface area contributed by atoms with Crippen molar-refractivity contribution < 1.29 is 4.79 Å². The van der Waals surface area contributed by atoms with E-state index in [0.29, 0.717) is 11.3 Å². The van der Waals surface area contributed by atoms with Gasteiger partial charge in [-0.3, -0.25) is 4.79 Å². The van der Waals surface area contributed by atoms with Crippen LogP contribution in [0, 0.1) is 6.92 Å². The Labute approximate surface area is 136 Å². The first kappa shape index (κ1) is 15.1. The summed E-state index contributed by atoms with van der Waals surface area (Å²) in [5, 5.41) is 0. The summed E-state index contributed by atoms with van der Waals surface area (Å²) in [4.78, 5) is 15.9. The van der Waals surface area contributed by atoms with E-state index in [0.717, 1.165) is 16.9 Å². The second-order valence-corrected chi connectivity index (χ2v) is 5.87. The van der Waals surface area contributed by atoms with Crippen LogP contribution in [-0.4, -0.2) is 10.8 Å². The molecule has 0 aliphatic carbocycles. The van der Waals surface area contributed by atoms with E-state index in [4.69, 9.17) is 5.73 Å². The van der Waals surface area contributed by atoms with E-state index in [2.05, 4.69) is 18.0 Å². The minimum absolute atomic E-state index is 0.0267. The lowest BCUT2D eigenvalue weighted by atomic mass is 9.97. The Morgan fingerprint density at radius 3 is 2.35 bits per heavy atom. The molecule has 3 heteroatoms. The molecule has 1 aromatic heterocycles. The highest BCUT2D eigenvalue weighted by Crippen LogP contribution is 2.26. The fourth-order valence-electron chi connectivity index (χ4n) is 2.75. The predicted octanol–water partition coefficient (Wildman–Crippen LogP) is 4.29. The molecule has 0 fully saturated rings. The van der Waals surface area contributed by atoms with Gasteiger partial charge in [-0.1, -0.05) is 49.4 Å². The van der Waals surface area contributed by atoms with Crippen molar-refractivity contribution in [1.29, 1.82) is 0 Å². The van der Waals surface area contributed by atoms with E-state index >= 15 is 0 Å². The molecular formula is C20H20N2O. The van der Waals surface area contributed by atoms with Crippen LogP contribution >= 0.6 is 0 Å². The molecular weight excluding hydrogens is 284 g/mol. The number of hydrogen-bond donors (Lipinski definition) is 2. The van der Waals surface area contributed by atoms with Crippen molar-refractivity contribution >= 4 is 11.5 Å². The highest BCUT2D eigenvalue weighted by atomic mass is 16.1. The summed E-state index contributed by atoms with van der Waals surface area (Å²) in [6.07, 6.45) is 0. The minimum atomic E-state index is 0.0267. The lowest BCUT2D eigenvalue weighted by molar-refractivity contribution is 0.103. The number of aromatic nitrogens is 1. The number of benzene rings is 2. The summed E-state index contributed by atoms with van der Waals surface area (Å²) in [6.45, 7) is 4.08. The number of aromatic amines is 1. The van der Waals surface area contributed by atoms with Gasteiger partial charge in [0.1, 0.15) is 0 Å². The van der Waals surface area contributed by atoms with Gasteiger partial charge in [0.25, 0.3) is 0 Å². The molecule has 1 heterocycles. The predicted molar refractivity (Wildman–Crippen MR) is 93.8 cm³/mol. The Kier molecular flexibility index (Phi) is 4.02. The lowest BCUT2D eigenvalue weighted by Crippen LogP contribution is -2.04. The fraction of sp³-hybridized carbons (Fsp3) is 0.150. The highest BCUT2D eigenvalue weighted by molar-refractivity contribution is 6.08. The number of carbonyl (C=O) groups is 1. The number of nitrogens with one attached hydrogen (secondary N) is 1. The Morgan fingerprint density at radius 1 is 1.04 bits per heavy atom. The van der Waals surface area contributed by atoms with Gasteiger partial charge in [-0.15, -0.1) is 0 Å². The summed E-state index contributed by atoms with van der Waals surface area (Å²) >= 11 is 0. The van der Waals surface area contributed by atoms with Crippen molar-refractivity contribution in [2.75, 3.05) is 5.73 Å². The Bertz CT molecular complexity index is 817. The molecule has 0 amide bonds. The number of nitrogens with two attached hydrogens (primary N) is 1. The molecule has 116 valence electrons. The molecule has 23 heavy (non-hydrogen) atoms. The Morgan fingerprint density at radius 2 is 1.70 bits per heavy atom. The van der Waals surface area contributed by atoms with Gasteiger partial charge in [-0.2, -0.15) is 0 Å². The summed E-state index contributed by atoms with van der Waals surface area (Å²) in [5.74, 6) is 0.200. The number of ketones is 1. The average Bonchev–Trinajstić information content (AvgIpc) is 2.97. The average molecular weight is 304 g/mol. The zero-order valence-electron chi connectivity index (χ0n) is 13.3. The largest absolute Gasteiger partial charge is 0.399 e.